The van der Waals surface area contributed by atoms with Crippen molar-refractivity contribution in [1.29, 1.82) is 0 Å². The van der Waals surface area contributed by atoms with Gasteiger partial charge in [0.2, 0.25) is 5.75 Å². The van der Waals surface area contributed by atoms with Gasteiger partial charge in [-0.1, -0.05) is 66.2 Å². The highest BCUT2D eigenvalue weighted by atomic mass is 32.2. The van der Waals surface area contributed by atoms with E-state index in [0.717, 1.165) is 21.2 Å². The van der Waals surface area contributed by atoms with Crippen molar-refractivity contribution in [3.8, 4) is 22.6 Å². The van der Waals surface area contributed by atoms with E-state index in [-0.39, 0.29) is 35.0 Å². The Balaban J connectivity index is 1.59. The van der Waals surface area contributed by atoms with Gasteiger partial charge in [0, 0.05) is 6.07 Å². The maximum Gasteiger partial charge on any atom is 0.313 e. The summed E-state index contributed by atoms with van der Waals surface area (Å²) >= 11 is 0. The summed E-state index contributed by atoms with van der Waals surface area (Å²) in [5.41, 5.74) is 3.11. The number of benzene rings is 4. The van der Waals surface area contributed by atoms with Crippen molar-refractivity contribution >= 4 is 15.7 Å². The Morgan fingerprint density at radius 2 is 1.57 bits per heavy atom. The molecule has 0 saturated heterocycles. The zero-order chi connectivity index (χ0) is 26.4. The van der Waals surface area contributed by atoms with E-state index in [1.165, 1.54) is 36.4 Å². The van der Waals surface area contributed by atoms with E-state index < -0.39 is 14.9 Å². The van der Waals surface area contributed by atoms with Gasteiger partial charge in [0.25, 0.3) is 10.0 Å². The van der Waals surface area contributed by atoms with Crippen LogP contribution in [0.4, 0.5) is 5.69 Å². The largest absolute Gasteiger partial charge is 0.508 e. The molecule has 0 bridgehead atoms. The Morgan fingerprint density at radius 1 is 0.892 bits per heavy atom. The van der Waals surface area contributed by atoms with Crippen LogP contribution in [0.25, 0.3) is 11.1 Å². The second kappa shape index (κ2) is 11.2. The lowest BCUT2D eigenvalue weighted by Gasteiger charge is -2.22. The fourth-order valence-electron chi connectivity index (χ4n) is 3.83. The Kier molecular flexibility index (Phi) is 7.86. The van der Waals surface area contributed by atoms with Gasteiger partial charge in [-0.15, -0.1) is 0 Å². The molecule has 0 aromatic heterocycles. The molecule has 0 spiro atoms. The van der Waals surface area contributed by atoms with E-state index in [0.29, 0.717) is 12.0 Å². The monoisotopic (exact) mass is 518 g/mol. The molecular weight excluding hydrogens is 492 g/mol. The fraction of sp³-hybridized carbons (Fsp3) is 0.143. The van der Waals surface area contributed by atoms with Crippen LogP contribution in [0.1, 0.15) is 17.5 Å². The summed E-state index contributed by atoms with van der Waals surface area (Å²) < 4.78 is 27.7. The molecule has 0 aliphatic heterocycles. The predicted octanol–water partition coefficient (Wildman–Crippen LogP) is 5.89. The smallest absolute Gasteiger partial charge is 0.313 e. The highest BCUT2D eigenvalue weighted by Gasteiger charge is 2.29. The quantitative estimate of drug-likeness (QED) is 0.207. The van der Waals surface area contributed by atoms with Crippen molar-refractivity contribution in [2.75, 3.05) is 6.54 Å². The van der Waals surface area contributed by atoms with Gasteiger partial charge in [-0.25, -0.2) is 8.42 Å². The summed E-state index contributed by atoms with van der Waals surface area (Å²) in [4.78, 5) is 16.5. The molecule has 4 aromatic carbocycles. The van der Waals surface area contributed by atoms with Crippen LogP contribution >= 0.6 is 0 Å². The first-order valence-electron chi connectivity index (χ1n) is 11.6. The molecule has 0 aliphatic rings. The molecule has 4 rings (SSSR count). The van der Waals surface area contributed by atoms with Crippen molar-refractivity contribution in [2.24, 2.45) is 0 Å². The van der Waals surface area contributed by atoms with Gasteiger partial charge in [-0.2, -0.15) is 0 Å². The molecule has 0 saturated carbocycles. The van der Waals surface area contributed by atoms with Gasteiger partial charge < -0.3 is 9.94 Å². The van der Waals surface area contributed by atoms with Gasteiger partial charge >= 0.3 is 5.69 Å². The zero-order valence-electron chi connectivity index (χ0n) is 20.2. The molecule has 0 amide bonds. The Hall–Kier alpha value is -4.21. The summed E-state index contributed by atoms with van der Waals surface area (Å²) in [6.07, 6.45) is 0.643. The lowest BCUT2D eigenvalue weighted by molar-refractivity contribution is -0.386. The summed E-state index contributed by atoms with van der Waals surface area (Å²) in [5, 5.41) is 21.9. The lowest BCUT2D eigenvalue weighted by Crippen LogP contribution is -2.35. The zero-order valence-corrected chi connectivity index (χ0v) is 21.0. The summed E-state index contributed by atoms with van der Waals surface area (Å²) in [6.45, 7) is 1.74. The number of sulfonamides is 1. The van der Waals surface area contributed by atoms with Gasteiger partial charge in [0.05, 0.1) is 16.4 Å². The van der Waals surface area contributed by atoms with Crippen molar-refractivity contribution in [3.63, 3.8) is 0 Å². The third-order valence-corrected chi connectivity index (χ3v) is 7.48. The van der Waals surface area contributed by atoms with Crippen molar-refractivity contribution < 1.29 is 23.3 Å². The van der Waals surface area contributed by atoms with Crippen LogP contribution in [-0.4, -0.2) is 29.5 Å². The van der Waals surface area contributed by atoms with Gasteiger partial charge in [0.1, 0.15) is 5.75 Å². The molecule has 8 nitrogen and oxygen atoms in total. The average molecular weight is 519 g/mol. The molecule has 1 N–H and O–H groups in total. The molecule has 4 aromatic rings. The van der Waals surface area contributed by atoms with Crippen LogP contribution < -0.4 is 4.84 Å². The molecule has 37 heavy (non-hydrogen) atoms. The third kappa shape index (κ3) is 6.14. The van der Waals surface area contributed by atoms with E-state index in [4.69, 9.17) is 4.84 Å². The Labute approximate surface area is 215 Å². The van der Waals surface area contributed by atoms with Gasteiger partial charge in [-0.05, 0) is 71.3 Å². The first-order valence-corrected chi connectivity index (χ1v) is 13.1. The number of nitro benzene ring substituents is 1. The molecule has 0 aliphatic carbocycles. The maximum atomic E-state index is 13.5. The van der Waals surface area contributed by atoms with Gasteiger partial charge in [0.15, 0.2) is 0 Å². The normalized spacial score (nSPS) is 11.4. The number of hydrogen-bond donors (Lipinski definition) is 1. The summed E-state index contributed by atoms with van der Waals surface area (Å²) in [6, 6.07) is 26.9. The average Bonchev–Trinajstić information content (AvgIpc) is 2.90. The van der Waals surface area contributed by atoms with Gasteiger partial charge in [-0.3, -0.25) is 10.1 Å². The second-order valence-corrected chi connectivity index (χ2v) is 10.3. The molecule has 9 heteroatoms. The third-order valence-electron chi connectivity index (χ3n) is 5.82. The number of aromatic hydroxyl groups is 1. The van der Waals surface area contributed by atoms with Crippen LogP contribution in [0, 0.1) is 17.0 Å². The topological polar surface area (TPSA) is 110 Å². The van der Waals surface area contributed by atoms with Crippen LogP contribution in [0.5, 0.6) is 11.5 Å². The first kappa shape index (κ1) is 25.9. The van der Waals surface area contributed by atoms with E-state index >= 15 is 0 Å². The maximum absolute atomic E-state index is 13.5. The number of aryl methyl sites for hydroxylation is 2. The van der Waals surface area contributed by atoms with Crippen molar-refractivity contribution in [1.82, 2.24) is 4.47 Å². The van der Waals surface area contributed by atoms with Crippen LogP contribution in [0.3, 0.4) is 0 Å². The van der Waals surface area contributed by atoms with E-state index in [1.807, 2.05) is 49.4 Å². The highest BCUT2D eigenvalue weighted by Crippen LogP contribution is 2.30. The van der Waals surface area contributed by atoms with Crippen LogP contribution in [0.2, 0.25) is 0 Å². The fourth-order valence-corrected chi connectivity index (χ4v) is 5.10. The molecule has 0 heterocycles. The number of hydrogen-bond acceptors (Lipinski definition) is 6. The molecule has 0 unspecified atom stereocenters. The van der Waals surface area contributed by atoms with Crippen LogP contribution in [0.15, 0.2) is 102 Å². The number of nitro groups is 1. The standard InChI is InChI=1S/C28H26N2O6S/c1-21-13-16-25(17-14-21)37(34,35)29(36-28-12-6-5-11-26(28)30(32)33)19-7-10-24-20-23(15-18-27(24)31)22-8-3-2-4-9-22/h2-6,8-9,11-18,20,31H,7,10,19H2,1H3. The minimum Gasteiger partial charge on any atom is -0.508 e. The van der Waals surface area contributed by atoms with E-state index in [1.54, 1.807) is 18.2 Å². The number of phenols is 1. The Morgan fingerprint density at radius 3 is 2.27 bits per heavy atom. The van der Waals surface area contributed by atoms with E-state index in [2.05, 4.69) is 0 Å². The minimum atomic E-state index is -4.15. The second-order valence-electron chi connectivity index (χ2n) is 8.47. The number of rotatable bonds is 10. The first-order chi connectivity index (χ1) is 17.8. The summed E-state index contributed by atoms with van der Waals surface area (Å²) in [5.74, 6) is -0.0793. The number of nitrogens with zero attached hydrogens (tertiary/aromatic N) is 2. The predicted molar refractivity (Wildman–Crippen MR) is 141 cm³/mol. The molecule has 190 valence electrons. The van der Waals surface area contributed by atoms with Crippen molar-refractivity contribution in [2.45, 2.75) is 24.7 Å². The SMILES string of the molecule is Cc1ccc(S(=O)(=O)N(CCCc2cc(-c3ccccc3)ccc2O)Oc2ccccc2[N+](=O)[O-])cc1. The highest BCUT2D eigenvalue weighted by molar-refractivity contribution is 7.89. The van der Waals surface area contributed by atoms with E-state index in [9.17, 15) is 23.6 Å². The molecule has 0 fully saturated rings. The van der Waals surface area contributed by atoms with Crippen molar-refractivity contribution in [3.05, 3.63) is 118 Å². The minimum absolute atomic E-state index is 0.00519. The van der Waals surface area contributed by atoms with Crippen LogP contribution in [-0.2, 0) is 16.4 Å². The molecular formula is C28H26N2O6S. The lowest BCUT2D eigenvalue weighted by atomic mass is 10.00. The molecule has 0 atom stereocenters. The molecule has 0 radical (unpaired) electrons. The number of hydroxylamine groups is 1. The number of para-hydroxylation sites is 2. The Bertz CT molecular complexity index is 1490. The number of phenolic OH excluding ortho intramolecular Hbond substituents is 1. The summed E-state index contributed by atoms with van der Waals surface area (Å²) in [7, 11) is -4.15.